The third-order valence-electron chi connectivity index (χ3n) is 4.31. The molecule has 0 fully saturated rings. The quantitative estimate of drug-likeness (QED) is 0.237. The molecule has 11 nitrogen and oxygen atoms in total. The van der Waals surface area contributed by atoms with Gasteiger partial charge in [0.2, 0.25) is 17.7 Å². The van der Waals surface area contributed by atoms with Gasteiger partial charge in [0.1, 0.15) is 18.6 Å². The van der Waals surface area contributed by atoms with Crippen LogP contribution < -0.4 is 21.7 Å². The molecule has 31 heavy (non-hydrogen) atoms. The lowest BCUT2D eigenvalue weighted by molar-refractivity contribution is -0.141. The summed E-state index contributed by atoms with van der Waals surface area (Å²) < 4.78 is 0. The van der Waals surface area contributed by atoms with Gasteiger partial charge in [0.05, 0.1) is 12.5 Å². The van der Waals surface area contributed by atoms with Crippen LogP contribution in [0.3, 0.4) is 0 Å². The maximum atomic E-state index is 12.7. The van der Waals surface area contributed by atoms with Crippen LogP contribution in [0.4, 0.5) is 0 Å². The molecule has 11 heteroatoms. The summed E-state index contributed by atoms with van der Waals surface area (Å²) >= 11 is 0. The van der Waals surface area contributed by atoms with E-state index in [4.69, 9.17) is 15.9 Å². The van der Waals surface area contributed by atoms with Crippen molar-refractivity contribution in [1.82, 2.24) is 16.0 Å². The number of carbonyl (C=O) groups excluding carboxylic acids is 3. The predicted octanol–water partition coefficient (Wildman–Crippen LogP) is -1.14. The summed E-state index contributed by atoms with van der Waals surface area (Å²) in [4.78, 5) is 58.9. The smallest absolute Gasteiger partial charge is 0.322 e. The minimum Gasteiger partial charge on any atom is -0.481 e. The van der Waals surface area contributed by atoms with E-state index in [0.29, 0.717) is 0 Å². The minimum atomic E-state index is -1.51. The van der Waals surface area contributed by atoms with Crippen molar-refractivity contribution in [2.45, 2.75) is 44.8 Å². The Hall–Kier alpha value is -3.47. The average molecular weight is 436 g/mol. The Morgan fingerprint density at radius 3 is 2.03 bits per heavy atom. The van der Waals surface area contributed by atoms with Crippen LogP contribution in [0.15, 0.2) is 30.3 Å². The standard InChI is InChI=1S/C20H28N4O7/c1-11(2)17(24-18(29)13(21)8-12-6-4-3-5-7-12)20(31)23-14(9-15(25)26)19(30)22-10-16(27)28/h3-7,11,13-14,17H,8-10,21H2,1-2H3,(H,22,30)(H,23,31)(H,24,29)(H,25,26)(H,27,28). The van der Waals surface area contributed by atoms with Gasteiger partial charge in [-0.15, -0.1) is 0 Å². The molecule has 1 rings (SSSR count). The average Bonchev–Trinajstić information content (AvgIpc) is 2.69. The van der Waals surface area contributed by atoms with Crippen LogP contribution in [-0.4, -0.2) is 64.5 Å². The van der Waals surface area contributed by atoms with Gasteiger partial charge in [0, 0.05) is 0 Å². The van der Waals surface area contributed by atoms with Gasteiger partial charge in [-0.2, -0.15) is 0 Å². The Bertz CT molecular complexity index is 798. The zero-order valence-electron chi connectivity index (χ0n) is 17.3. The first-order valence-electron chi connectivity index (χ1n) is 9.62. The lowest BCUT2D eigenvalue weighted by atomic mass is 10.0. The third-order valence-corrected chi connectivity index (χ3v) is 4.31. The molecule has 0 aromatic heterocycles. The molecule has 3 unspecified atom stereocenters. The zero-order chi connectivity index (χ0) is 23.6. The zero-order valence-corrected chi connectivity index (χ0v) is 17.3. The van der Waals surface area contributed by atoms with Crippen LogP contribution in [-0.2, 0) is 30.4 Å². The van der Waals surface area contributed by atoms with Crippen LogP contribution in [0.1, 0.15) is 25.8 Å². The Labute approximate surface area is 179 Å². The number of hydrogen-bond donors (Lipinski definition) is 6. The van der Waals surface area contributed by atoms with Crippen molar-refractivity contribution >= 4 is 29.7 Å². The Morgan fingerprint density at radius 1 is 0.903 bits per heavy atom. The summed E-state index contributed by atoms with van der Waals surface area (Å²) in [5.41, 5.74) is 6.78. The Kier molecular flexibility index (Phi) is 10.1. The van der Waals surface area contributed by atoms with Gasteiger partial charge in [-0.1, -0.05) is 44.2 Å². The molecule has 0 radical (unpaired) electrons. The second-order valence-electron chi connectivity index (χ2n) is 7.30. The highest BCUT2D eigenvalue weighted by atomic mass is 16.4. The number of benzene rings is 1. The highest BCUT2D eigenvalue weighted by molar-refractivity contribution is 5.95. The number of carboxylic acids is 2. The molecule has 0 bridgehead atoms. The number of amides is 3. The molecular weight excluding hydrogens is 408 g/mol. The number of aliphatic carboxylic acids is 2. The number of hydrogen-bond acceptors (Lipinski definition) is 6. The molecule has 170 valence electrons. The van der Waals surface area contributed by atoms with E-state index >= 15 is 0 Å². The van der Waals surface area contributed by atoms with E-state index in [9.17, 15) is 24.0 Å². The first-order chi connectivity index (χ1) is 14.5. The van der Waals surface area contributed by atoms with Gasteiger partial charge in [0.15, 0.2) is 0 Å². The molecule has 3 amide bonds. The first kappa shape index (κ1) is 25.6. The summed E-state index contributed by atoms with van der Waals surface area (Å²) in [6, 6.07) is 5.54. The molecular formula is C20H28N4O7. The SMILES string of the molecule is CC(C)C(NC(=O)C(N)Cc1ccccc1)C(=O)NC(CC(=O)O)C(=O)NCC(=O)O. The molecule has 3 atom stereocenters. The molecule has 0 aliphatic rings. The van der Waals surface area contributed by atoms with E-state index in [-0.39, 0.29) is 6.42 Å². The van der Waals surface area contributed by atoms with E-state index in [1.54, 1.807) is 13.8 Å². The van der Waals surface area contributed by atoms with Gasteiger partial charge in [0.25, 0.3) is 0 Å². The van der Waals surface area contributed by atoms with Gasteiger partial charge in [-0.25, -0.2) is 0 Å². The fourth-order valence-corrected chi connectivity index (χ4v) is 2.69. The predicted molar refractivity (Wildman–Crippen MR) is 110 cm³/mol. The van der Waals surface area contributed by atoms with Crippen LogP contribution >= 0.6 is 0 Å². The molecule has 0 heterocycles. The van der Waals surface area contributed by atoms with Crippen molar-refractivity contribution < 1.29 is 34.2 Å². The fraction of sp³-hybridized carbons (Fsp3) is 0.450. The van der Waals surface area contributed by atoms with E-state index in [2.05, 4.69) is 10.6 Å². The van der Waals surface area contributed by atoms with Crippen molar-refractivity contribution in [2.75, 3.05) is 6.54 Å². The molecule has 1 aromatic carbocycles. The largest absolute Gasteiger partial charge is 0.481 e. The molecule has 0 spiro atoms. The summed E-state index contributed by atoms with van der Waals surface area (Å²) in [5, 5.41) is 24.5. The number of carbonyl (C=O) groups is 5. The molecule has 1 aromatic rings. The number of nitrogens with one attached hydrogen (secondary N) is 3. The Balaban J connectivity index is 2.82. The minimum absolute atomic E-state index is 0.248. The molecule has 0 aliphatic carbocycles. The van der Waals surface area contributed by atoms with E-state index in [1.165, 1.54) is 0 Å². The van der Waals surface area contributed by atoms with E-state index in [0.717, 1.165) is 5.56 Å². The second-order valence-corrected chi connectivity index (χ2v) is 7.30. The third kappa shape index (κ3) is 9.26. The molecule has 0 aliphatic heterocycles. The van der Waals surface area contributed by atoms with Crippen LogP contribution in [0.25, 0.3) is 0 Å². The number of nitrogens with two attached hydrogens (primary N) is 1. The van der Waals surface area contributed by atoms with Gasteiger partial charge < -0.3 is 31.9 Å². The van der Waals surface area contributed by atoms with Gasteiger partial charge in [-0.05, 0) is 17.9 Å². The van der Waals surface area contributed by atoms with Crippen molar-refractivity contribution in [3.8, 4) is 0 Å². The van der Waals surface area contributed by atoms with Crippen molar-refractivity contribution in [2.24, 2.45) is 11.7 Å². The monoisotopic (exact) mass is 436 g/mol. The van der Waals surface area contributed by atoms with Crippen molar-refractivity contribution in [3.63, 3.8) is 0 Å². The Morgan fingerprint density at radius 2 is 1.52 bits per heavy atom. The maximum absolute atomic E-state index is 12.7. The van der Waals surface area contributed by atoms with Gasteiger partial charge in [-0.3, -0.25) is 24.0 Å². The number of rotatable bonds is 12. The summed E-state index contributed by atoms with van der Waals surface area (Å²) in [5.74, 6) is -5.43. The lowest BCUT2D eigenvalue weighted by Crippen LogP contribution is -2.58. The van der Waals surface area contributed by atoms with Gasteiger partial charge >= 0.3 is 11.9 Å². The highest BCUT2D eigenvalue weighted by Crippen LogP contribution is 2.06. The van der Waals surface area contributed by atoms with Crippen molar-refractivity contribution in [1.29, 1.82) is 0 Å². The fourth-order valence-electron chi connectivity index (χ4n) is 2.69. The summed E-state index contributed by atoms with van der Waals surface area (Å²) in [7, 11) is 0. The molecule has 0 saturated carbocycles. The second kappa shape index (κ2) is 12.3. The van der Waals surface area contributed by atoms with Crippen molar-refractivity contribution in [3.05, 3.63) is 35.9 Å². The lowest BCUT2D eigenvalue weighted by Gasteiger charge is -2.25. The normalized spacial score (nSPS) is 13.5. The topological polar surface area (TPSA) is 188 Å². The number of carboxylic acid groups (broad SMARTS) is 2. The molecule has 7 N–H and O–H groups in total. The highest BCUT2D eigenvalue weighted by Gasteiger charge is 2.31. The first-order valence-corrected chi connectivity index (χ1v) is 9.62. The maximum Gasteiger partial charge on any atom is 0.322 e. The van der Waals surface area contributed by atoms with Crippen LogP contribution in [0.2, 0.25) is 0 Å². The van der Waals surface area contributed by atoms with Crippen LogP contribution in [0, 0.1) is 5.92 Å². The summed E-state index contributed by atoms with van der Waals surface area (Å²) in [6.45, 7) is 2.58. The van der Waals surface area contributed by atoms with Crippen LogP contribution in [0.5, 0.6) is 0 Å². The van der Waals surface area contributed by atoms with E-state index < -0.39 is 66.7 Å². The summed E-state index contributed by atoms with van der Waals surface area (Å²) in [6.07, 6.45) is -0.512. The molecule has 0 saturated heterocycles. The van der Waals surface area contributed by atoms with E-state index in [1.807, 2.05) is 35.6 Å².